The molecule has 0 saturated carbocycles. The minimum Gasteiger partial charge on any atom is -0.449 e. The number of urea groups is 1. The molecule has 0 aliphatic heterocycles. The highest BCUT2D eigenvalue weighted by atomic mass is 16.5. The number of benzene rings is 3. The molecule has 2 atom stereocenters. The van der Waals surface area contributed by atoms with Gasteiger partial charge in [-0.15, -0.1) is 0 Å². The summed E-state index contributed by atoms with van der Waals surface area (Å²) in [4.78, 5) is 50.7. The van der Waals surface area contributed by atoms with Crippen molar-refractivity contribution in [2.24, 2.45) is 11.7 Å². The Morgan fingerprint density at radius 1 is 0.864 bits per heavy atom. The number of ether oxygens (including phenoxy) is 1. The monoisotopic (exact) mass is 601 g/mol. The molecule has 0 saturated heterocycles. The van der Waals surface area contributed by atoms with Gasteiger partial charge in [-0.05, 0) is 58.7 Å². The largest absolute Gasteiger partial charge is 0.449 e. The summed E-state index contributed by atoms with van der Waals surface area (Å²) in [5.41, 5.74) is 10.7. The number of hydrogen-bond acceptors (Lipinski definition) is 6. The summed E-state index contributed by atoms with van der Waals surface area (Å²) in [5, 5.41) is 19.9. The van der Waals surface area contributed by atoms with E-state index in [2.05, 4.69) is 21.3 Å². The molecule has 11 nitrogen and oxygen atoms in total. The number of hydrogen-bond donors (Lipinski definition) is 6. The fourth-order valence-corrected chi connectivity index (χ4v) is 5.27. The normalized spacial score (nSPS) is 13.3. The van der Waals surface area contributed by atoms with Gasteiger partial charge in [0, 0.05) is 18.2 Å². The number of amides is 5. The van der Waals surface area contributed by atoms with E-state index in [1.807, 2.05) is 48.5 Å². The molecule has 0 bridgehead atoms. The molecule has 0 radical (unpaired) electrons. The minimum absolute atomic E-state index is 0.0965. The Labute approximate surface area is 256 Å². The molecule has 0 fully saturated rings. The fraction of sp³-hybridized carbons (Fsp3) is 0.333. The van der Waals surface area contributed by atoms with E-state index in [4.69, 9.17) is 10.5 Å². The number of aliphatic hydroxyl groups is 1. The zero-order valence-electron chi connectivity index (χ0n) is 24.8. The Balaban J connectivity index is 1.40. The second kappa shape index (κ2) is 15.0. The van der Waals surface area contributed by atoms with Crippen LogP contribution in [0.4, 0.5) is 15.3 Å². The zero-order valence-corrected chi connectivity index (χ0v) is 24.8. The first-order chi connectivity index (χ1) is 21.2. The fourth-order valence-electron chi connectivity index (χ4n) is 5.27. The number of fused-ring (bicyclic) bond motifs is 3. The summed E-state index contributed by atoms with van der Waals surface area (Å²) in [6, 6.07) is 20.0. The van der Waals surface area contributed by atoms with Gasteiger partial charge in [-0.1, -0.05) is 74.5 Å². The molecule has 4 rings (SSSR count). The number of rotatable bonds is 13. The second-order valence-corrected chi connectivity index (χ2v) is 11.0. The Morgan fingerprint density at radius 3 is 2.05 bits per heavy atom. The summed E-state index contributed by atoms with van der Waals surface area (Å²) < 4.78 is 5.64. The molecule has 2 unspecified atom stereocenters. The van der Waals surface area contributed by atoms with Crippen LogP contribution in [-0.4, -0.2) is 54.3 Å². The van der Waals surface area contributed by atoms with E-state index in [9.17, 15) is 24.3 Å². The van der Waals surface area contributed by atoms with Crippen molar-refractivity contribution in [3.63, 3.8) is 0 Å². The lowest BCUT2D eigenvalue weighted by atomic mass is 9.98. The van der Waals surface area contributed by atoms with Gasteiger partial charge < -0.3 is 36.8 Å². The molecule has 3 aromatic carbocycles. The van der Waals surface area contributed by atoms with E-state index in [1.54, 1.807) is 38.1 Å². The highest BCUT2D eigenvalue weighted by molar-refractivity contribution is 5.98. The quantitative estimate of drug-likeness (QED) is 0.163. The number of primary amides is 1. The summed E-state index contributed by atoms with van der Waals surface area (Å²) in [6.45, 7) is 3.74. The van der Waals surface area contributed by atoms with Gasteiger partial charge in [-0.25, -0.2) is 9.59 Å². The first kappa shape index (κ1) is 32.0. The predicted octanol–water partition coefficient (Wildman–Crippen LogP) is 3.61. The lowest BCUT2D eigenvalue weighted by molar-refractivity contribution is -0.128. The molecule has 232 valence electrons. The molecule has 3 aromatic rings. The van der Waals surface area contributed by atoms with Crippen molar-refractivity contribution >= 4 is 29.6 Å². The number of nitrogens with two attached hydrogens (primary N) is 1. The summed E-state index contributed by atoms with van der Waals surface area (Å²) in [7, 11) is 0. The SMILES string of the molecule is CC(C)C(NC(=O)OCC1c2ccccc2-c2ccccc21)C(=O)NC(CCCNC(N)=O)C(=O)Nc1ccc(CO)cc1. The van der Waals surface area contributed by atoms with Crippen LogP contribution in [0.2, 0.25) is 0 Å². The van der Waals surface area contributed by atoms with Crippen LogP contribution in [0.1, 0.15) is 49.3 Å². The third kappa shape index (κ3) is 8.13. The van der Waals surface area contributed by atoms with Crippen molar-refractivity contribution in [2.75, 3.05) is 18.5 Å². The Bertz CT molecular complexity index is 1430. The lowest BCUT2D eigenvalue weighted by Crippen LogP contribution is -2.54. The van der Waals surface area contributed by atoms with Crippen molar-refractivity contribution in [2.45, 2.75) is 51.3 Å². The average Bonchev–Trinajstić information content (AvgIpc) is 3.33. The van der Waals surface area contributed by atoms with Crippen LogP contribution in [0.25, 0.3) is 11.1 Å². The lowest BCUT2D eigenvalue weighted by Gasteiger charge is -2.25. The minimum atomic E-state index is -0.978. The molecule has 1 aliphatic carbocycles. The second-order valence-electron chi connectivity index (χ2n) is 11.0. The van der Waals surface area contributed by atoms with E-state index in [1.165, 1.54) is 0 Å². The number of nitrogens with one attached hydrogen (secondary N) is 4. The van der Waals surface area contributed by atoms with E-state index < -0.39 is 36.0 Å². The number of alkyl carbamates (subject to hydrolysis) is 1. The molecule has 1 aliphatic rings. The van der Waals surface area contributed by atoms with Crippen molar-refractivity contribution in [3.05, 3.63) is 89.5 Å². The topological polar surface area (TPSA) is 172 Å². The Hall–Kier alpha value is -4.90. The van der Waals surface area contributed by atoms with E-state index in [-0.39, 0.29) is 38.0 Å². The smallest absolute Gasteiger partial charge is 0.407 e. The maximum Gasteiger partial charge on any atom is 0.407 e. The number of carbonyl (C=O) groups is 4. The Morgan fingerprint density at radius 2 is 1.48 bits per heavy atom. The van der Waals surface area contributed by atoms with Crippen LogP contribution in [0.3, 0.4) is 0 Å². The van der Waals surface area contributed by atoms with Gasteiger partial charge in [0.15, 0.2) is 0 Å². The first-order valence-corrected chi connectivity index (χ1v) is 14.6. The van der Waals surface area contributed by atoms with Crippen LogP contribution >= 0.6 is 0 Å². The molecule has 7 N–H and O–H groups in total. The van der Waals surface area contributed by atoms with Gasteiger partial charge in [-0.2, -0.15) is 0 Å². The molecular formula is C33H39N5O6. The molecule has 5 amide bonds. The van der Waals surface area contributed by atoms with E-state index in [0.717, 1.165) is 22.3 Å². The highest BCUT2D eigenvalue weighted by Gasteiger charge is 2.32. The molecule has 0 heterocycles. The van der Waals surface area contributed by atoms with Crippen molar-refractivity contribution in [1.82, 2.24) is 16.0 Å². The highest BCUT2D eigenvalue weighted by Crippen LogP contribution is 2.44. The zero-order chi connectivity index (χ0) is 31.6. The average molecular weight is 602 g/mol. The summed E-state index contributed by atoms with van der Waals surface area (Å²) >= 11 is 0. The molecule has 0 aromatic heterocycles. The van der Waals surface area contributed by atoms with Gasteiger partial charge in [0.25, 0.3) is 0 Å². The van der Waals surface area contributed by atoms with Crippen molar-refractivity contribution < 1.29 is 29.0 Å². The van der Waals surface area contributed by atoms with Gasteiger partial charge in [-0.3, -0.25) is 9.59 Å². The van der Waals surface area contributed by atoms with Gasteiger partial charge >= 0.3 is 12.1 Å². The summed E-state index contributed by atoms with van der Waals surface area (Å²) in [6.07, 6.45) is -0.185. The van der Waals surface area contributed by atoms with Crippen LogP contribution in [-0.2, 0) is 20.9 Å². The van der Waals surface area contributed by atoms with Crippen molar-refractivity contribution in [1.29, 1.82) is 0 Å². The van der Waals surface area contributed by atoms with Crippen LogP contribution in [0.5, 0.6) is 0 Å². The maximum atomic E-state index is 13.4. The van der Waals surface area contributed by atoms with Crippen molar-refractivity contribution in [3.8, 4) is 11.1 Å². The third-order valence-electron chi connectivity index (χ3n) is 7.57. The summed E-state index contributed by atoms with van der Waals surface area (Å²) in [5.74, 6) is -1.47. The molecule has 0 spiro atoms. The maximum absolute atomic E-state index is 13.4. The number of carbonyl (C=O) groups excluding carboxylic acids is 4. The van der Waals surface area contributed by atoms with E-state index in [0.29, 0.717) is 17.7 Å². The van der Waals surface area contributed by atoms with Gasteiger partial charge in [0.2, 0.25) is 11.8 Å². The standard InChI is InChI=1S/C33H39N5O6/c1-20(2)29(38-33(43)44-19-27-25-10-5-3-8-23(25)24-9-4-6-11-26(24)27)31(41)37-28(12-7-17-35-32(34)42)30(40)36-22-15-13-21(18-39)14-16-22/h3-6,8-11,13-16,20,27-29,39H,7,12,17-19H2,1-2H3,(H,36,40)(H,37,41)(H,38,43)(H3,34,35,42). The van der Waals surface area contributed by atoms with Crippen LogP contribution in [0.15, 0.2) is 72.8 Å². The van der Waals surface area contributed by atoms with Crippen LogP contribution in [0, 0.1) is 5.92 Å². The van der Waals surface area contributed by atoms with Gasteiger partial charge in [0.05, 0.1) is 6.61 Å². The van der Waals surface area contributed by atoms with Crippen LogP contribution < -0.4 is 27.0 Å². The van der Waals surface area contributed by atoms with E-state index >= 15 is 0 Å². The first-order valence-electron chi connectivity index (χ1n) is 14.6. The molecule has 44 heavy (non-hydrogen) atoms. The molecular weight excluding hydrogens is 562 g/mol. The molecule has 11 heteroatoms. The third-order valence-corrected chi connectivity index (χ3v) is 7.57. The van der Waals surface area contributed by atoms with Gasteiger partial charge in [0.1, 0.15) is 18.7 Å². The number of anilines is 1. The Kier molecular flexibility index (Phi) is 10.9. The predicted molar refractivity (Wildman–Crippen MR) is 167 cm³/mol. The number of aliphatic hydroxyl groups excluding tert-OH is 1.